The Balaban J connectivity index is 0. The Kier molecular flexibility index (Phi) is 12.1. The van der Waals surface area contributed by atoms with Gasteiger partial charge in [0.15, 0.2) is 0 Å². The van der Waals surface area contributed by atoms with Crippen molar-refractivity contribution in [2.45, 2.75) is 0 Å². The minimum absolute atomic E-state index is 0.322. The van der Waals surface area contributed by atoms with Crippen molar-refractivity contribution in [2.75, 3.05) is 0 Å². The van der Waals surface area contributed by atoms with E-state index in [0.29, 0.717) is 5.75 Å². The molecule has 0 saturated heterocycles. The van der Waals surface area contributed by atoms with Crippen LogP contribution >= 0.6 is 0 Å². The van der Waals surface area contributed by atoms with Gasteiger partial charge in [0.25, 0.3) is 0 Å². The molecule has 1 aromatic carbocycles. The number of phenols is 1. The molecule has 0 aliphatic rings. The monoisotopic (exact) mass is 149 g/mol. The van der Waals surface area contributed by atoms with E-state index in [4.69, 9.17) is 15.0 Å². The van der Waals surface area contributed by atoms with E-state index >= 15 is 0 Å². The molecule has 0 atom stereocenters. The molecule has 0 bridgehead atoms. The summed E-state index contributed by atoms with van der Waals surface area (Å²) >= 11 is 0. The molecule has 1 rings (SSSR count). The van der Waals surface area contributed by atoms with Crippen molar-refractivity contribution in [3.05, 3.63) is 37.0 Å². The number of nitriles is 1. The van der Waals surface area contributed by atoms with E-state index in [1.165, 1.54) is 0 Å². The number of para-hydroxylation sites is 1. The summed E-state index contributed by atoms with van der Waals surface area (Å²) in [5, 5.41) is 15.1. The van der Waals surface area contributed by atoms with Gasteiger partial charge in [-0.3, -0.25) is 0 Å². The van der Waals surface area contributed by atoms with Gasteiger partial charge in [-0.2, -0.15) is 0 Å². The molecule has 0 spiro atoms. The van der Waals surface area contributed by atoms with Crippen LogP contribution in [0.2, 0.25) is 0 Å². The Hall–Kier alpha value is -1.75. The third-order valence-electron chi connectivity index (χ3n) is 0.756. The first-order valence-electron chi connectivity index (χ1n) is 2.60. The van der Waals surface area contributed by atoms with Gasteiger partial charge in [-0.25, -0.2) is 5.26 Å². The van der Waals surface area contributed by atoms with Gasteiger partial charge in [-0.1, -0.05) is 18.2 Å². The van der Waals surface area contributed by atoms with Gasteiger partial charge in [-0.15, -0.1) is 0 Å². The number of hydrogen-bond donors (Lipinski definition) is 1. The molecule has 1 aromatic rings. The number of hydrogen-bond acceptors (Lipinski definition) is 2. The first-order chi connectivity index (χ1) is 5.39. The molecule has 0 heterocycles. The Morgan fingerprint density at radius 2 is 1.55 bits per heavy atom. The summed E-state index contributed by atoms with van der Waals surface area (Å²) in [6, 6.07) is 8.71. The summed E-state index contributed by atoms with van der Waals surface area (Å²) in [6.45, 7) is 8.00. The van der Waals surface area contributed by atoms with Gasteiger partial charge < -0.3 is 5.11 Å². The second-order valence-electron chi connectivity index (χ2n) is 1.34. The van der Waals surface area contributed by atoms with Crippen LogP contribution < -0.4 is 0 Å². The second kappa shape index (κ2) is 11.1. The third-order valence-corrected chi connectivity index (χ3v) is 0.756. The van der Waals surface area contributed by atoms with Gasteiger partial charge in [0, 0.05) is 6.57 Å². The number of phenolic OH excluding ortho intramolecular Hbond substituents is 1. The average molecular weight is 149 g/mol. The molecule has 1 N–H and O–H groups in total. The maximum atomic E-state index is 8.63. The molecule has 0 saturated carbocycles. The summed E-state index contributed by atoms with van der Waals surface area (Å²) in [7, 11) is 0. The summed E-state index contributed by atoms with van der Waals surface area (Å²) in [6.07, 6.45) is 0. The fraction of sp³-hybridized carbons (Fsp3) is 0. The molecule has 0 fully saturated rings. The van der Waals surface area contributed by atoms with Gasteiger partial charge in [0.1, 0.15) is 5.75 Å². The number of nitrogens with zero attached hydrogens (tertiary/aromatic N) is 1. The van der Waals surface area contributed by atoms with Gasteiger partial charge >= 0.3 is 11.3 Å². The Bertz CT molecular complexity index is 197. The summed E-state index contributed by atoms with van der Waals surface area (Å²) < 4.78 is 7.50. The van der Waals surface area contributed by atoms with Crippen molar-refractivity contribution < 1.29 is 9.76 Å². The van der Waals surface area contributed by atoms with Crippen LogP contribution in [0.15, 0.2) is 30.3 Å². The molecule has 0 aliphatic carbocycles. The van der Waals surface area contributed by atoms with Gasteiger partial charge in [0.05, 0.1) is 0 Å². The number of aromatic hydroxyl groups is 1. The van der Waals surface area contributed by atoms with Crippen LogP contribution in [0.5, 0.6) is 5.75 Å². The standard InChI is InChI=1S/C6H6O.CHN.CO/c7-6-4-2-1-3-5-6;2*1-2/h1-5,7H;1H;. The van der Waals surface area contributed by atoms with Crippen molar-refractivity contribution in [2.24, 2.45) is 0 Å². The van der Waals surface area contributed by atoms with Gasteiger partial charge in [-0.05, 0) is 12.1 Å². The predicted molar refractivity (Wildman–Crippen MR) is 38.7 cm³/mol. The molecule has 3 heteroatoms. The van der Waals surface area contributed by atoms with Crippen LogP contribution in [0.3, 0.4) is 0 Å². The van der Waals surface area contributed by atoms with E-state index in [2.05, 4.69) is 13.2 Å². The molecule has 56 valence electrons. The summed E-state index contributed by atoms with van der Waals surface area (Å²) in [5.74, 6) is 0.322. The van der Waals surface area contributed by atoms with Crippen molar-refractivity contribution in [1.82, 2.24) is 0 Å². The Morgan fingerprint density at radius 1 is 1.18 bits per heavy atom. The van der Waals surface area contributed by atoms with E-state index in [9.17, 15) is 0 Å². The van der Waals surface area contributed by atoms with Crippen LogP contribution in [0.1, 0.15) is 0 Å². The Labute approximate surface area is 65.2 Å². The van der Waals surface area contributed by atoms with E-state index < -0.39 is 0 Å². The Morgan fingerprint density at radius 3 is 1.73 bits per heavy atom. The quantitative estimate of drug-likeness (QED) is 0.448. The van der Waals surface area contributed by atoms with E-state index in [-0.39, 0.29) is 0 Å². The van der Waals surface area contributed by atoms with E-state index in [1.54, 1.807) is 24.3 Å². The normalized spacial score (nSPS) is 5.82. The maximum absolute atomic E-state index is 8.63. The zero-order valence-electron chi connectivity index (χ0n) is 5.77. The fourth-order valence-electron chi connectivity index (χ4n) is 0.428. The molecule has 0 unspecified atom stereocenters. The van der Waals surface area contributed by atoms with Crippen LogP contribution in [0, 0.1) is 18.5 Å². The third kappa shape index (κ3) is 8.25. The predicted octanol–water partition coefficient (Wildman–Crippen LogP) is 1.49. The number of rotatable bonds is 0. The van der Waals surface area contributed by atoms with Crippen LogP contribution in [0.25, 0.3) is 0 Å². The first kappa shape index (κ1) is 12.0. The molecule has 0 aliphatic heterocycles. The molecule has 0 radical (unpaired) electrons. The van der Waals surface area contributed by atoms with Crippen LogP contribution in [0.4, 0.5) is 0 Å². The second-order valence-corrected chi connectivity index (χ2v) is 1.34. The average Bonchev–Trinajstić information content (AvgIpc) is 2.13. The van der Waals surface area contributed by atoms with E-state index in [0.717, 1.165) is 0 Å². The molecular formula is C8H7NO2. The SMILES string of the molecule is C#N.Oc1ccccc1.[C-]#[O+]. The van der Waals surface area contributed by atoms with E-state index in [1.807, 2.05) is 6.07 Å². The van der Waals surface area contributed by atoms with Crippen LogP contribution in [-0.2, 0) is 4.65 Å². The zero-order valence-corrected chi connectivity index (χ0v) is 5.77. The van der Waals surface area contributed by atoms with Crippen molar-refractivity contribution >= 4 is 0 Å². The zero-order chi connectivity index (χ0) is 9.11. The van der Waals surface area contributed by atoms with Crippen molar-refractivity contribution in [1.29, 1.82) is 5.26 Å². The topological polar surface area (TPSA) is 63.9 Å². The molecule has 0 aromatic heterocycles. The minimum atomic E-state index is 0.322. The molecule has 11 heavy (non-hydrogen) atoms. The summed E-state index contributed by atoms with van der Waals surface area (Å²) in [4.78, 5) is 0. The van der Waals surface area contributed by atoms with Gasteiger partial charge in [0.2, 0.25) is 0 Å². The van der Waals surface area contributed by atoms with Crippen molar-refractivity contribution in [3.63, 3.8) is 0 Å². The molecule has 3 nitrogen and oxygen atoms in total. The summed E-state index contributed by atoms with van der Waals surface area (Å²) in [5.41, 5.74) is 0. The van der Waals surface area contributed by atoms with Crippen LogP contribution in [-0.4, -0.2) is 5.11 Å². The molecular weight excluding hydrogens is 142 g/mol. The molecule has 0 amide bonds. The first-order valence-corrected chi connectivity index (χ1v) is 2.60. The fourth-order valence-corrected chi connectivity index (χ4v) is 0.428. The number of benzene rings is 1. The van der Waals surface area contributed by atoms with Crippen molar-refractivity contribution in [3.8, 4) is 12.3 Å².